The fourth-order valence-corrected chi connectivity index (χ4v) is 3.03. The van der Waals surface area contributed by atoms with Crippen molar-refractivity contribution in [1.82, 2.24) is 9.55 Å². The van der Waals surface area contributed by atoms with Gasteiger partial charge in [-0.05, 0) is 18.2 Å². The van der Waals surface area contributed by atoms with Crippen molar-refractivity contribution >= 4 is 39.8 Å². The van der Waals surface area contributed by atoms with Crippen molar-refractivity contribution in [3.05, 3.63) is 73.2 Å². The molecule has 1 aromatic heterocycles. The maximum Gasteiger partial charge on any atom is 0.273 e. The lowest BCUT2D eigenvalue weighted by molar-refractivity contribution is -0.384. The van der Waals surface area contributed by atoms with E-state index in [-0.39, 0.29) is 35.0 Å². The third-order valence-electron chi connectivity index (χ3n) is 3.72. The molecule has 2 aromatic carbocycles. The van der Waals surface area contributed by atoms with Gasteiger partial charge in [-0.15, -0.1) is 0 Å². The summed E-state index contributed by atoms with van der Waals surface area (Å²) < 4.78 is 6.58. The fourth-order valence-electron chi connectivity index (χ4n) is 2.48. The number of nitro groups is 1. The smallest absolute Gasteiger partial charge is 0.273 e. The number of hydrogen-bond acceptors (Lipinski definition) is 6. The van der Waals surface area contributed by atoms with E-state index >= 15 is 0 Å². The molecule has 1 atom stereocenters. The quantitative estimate of drug-likeness (QED) is 0.495. The molecular formula is C17H13Cl2N3O5. The Morgan fingerprint density at radius 1 is 1.30 bits per heavy atom. The van der Waals surface area contributed by atoms with Crippen LogP contribution in [0.15, 0.2) is 47.5 Å². The number of aliphatic hydroxyl groups excluding tert-OH is 1. The van der Waals surface area contributed by atoms with Crippen LogP contribution in [0.3, 0.4) is 0 Å². The molecule has 0 aliphatic heterocycles. The number of rotatable bonds is 6. The summed E-state index contributed by atoms with van der Waals surface area (Å²) in [6, 6.07) is 8.55. The van der Waals surface area contributed by atoms with Crippen molar-refractivity contribution in [3.8, 4) is 5.75 Å². The van der Waals surface area contributed by atoms with Crippen LogP contribution in [-0.4, -0.2) is 32.3 Å². The van der Waals surface area contributed by atoms with E-state index in [4.69, 9.17) is 27.9 Å². The van der Waals surface area contributed by atoms with Crippen LogP contribution in [0.2, 0.25) is 10.0 Å². The Labute approximate surface area is 162 Å². The molecule has 0 bridgehead atoms. The van der Waals surface area contributed by atoms with Gasteiger partial charge < -0.3 is 9.84 Å². The molecule has 10 heteroatoms. The van der Waals surface area contributed by atoms with Crippen LogP contribution >= 0.6 is 23.2 Å². The average molecular weight is 410 g/mol. The summed E-state index contributed by atoms with van der Waals surface area (Å²) in [6.07, 6.45) is 0.233. The molecule has 0 aliphatic carbocycles. The summed E-state index contributed by atoms with van der Waals surface area (Å²) in [7, 11) is 0. The zero-order chi connectivity index (χ0) is 19.6. The number of nitro benzene ring substituents is 1. The molecule has 0 radical (unpaired) electrons. The predicted octanol–water partition coefficient (Wildman–Crippen LogP) is 3.05. The van der Waals surface area contributed by atoms with E-state index < -0.39 is 16.6 Å². The van der Waals surface area contributed by atoms with E-state index in [1.807, 2.05) is 0 Å². The minimum atomic E-state index is -1.05. The third kappa shape index (κ3) is 4.36. The van der Waals surface area contributed by atoms with Gasteiger partial charge in [-0.1, -0.05) is 29.3 Å². The van der Waals surface area contributed by atoms with Gasteiger partial charge in [-0.25, -0.2) is 4.98 Å². The molecular weight excluding hydrogens is 397 g/mol. The van der Waals surface area contributed by atoms with Gasteiger partial charge in [0.25, 0.3) is 11.2 Å². The van der Waals surface area contributed by atoms with Crippen molar-refractivity contribution < 1.29 is 14.8 Å². The number of hydrogen-bond donors (Lipinski definition) is 1. The Morgan fingerprint density at radius 3 is 2.81 bits per heavy atom. The predicted molar refractivity (Wildman–Crippen MR) is 101 cm³/mol. The first-order valence-corrected chi connectivity index (χ1v) is 8.50. The molecule has 1 N–H and O–H groups in total. The van der Waals surface area contributed by atoms with E-state index in [2.05, 4.69) is 4.98 Å². The minimum absolute atomic E-state index is 0.0825. The Balaban J connectivity index is 1.73. The second-order valence-electron chi connectivity index (χ2n) is 5.71. The molecule has 0 amide bonds. The van der Waals surface area contributed by atoms with Gasteiger partial charge in [0.15, 0.2) is 0 Å². The van der Waals surface area contributed by atoms with Crippen LogP contribution in [0.5, 0.6) is 5.75 Å². The Bertz CT molecular complexity index is 1070. The van der Waals surface area contributed by atoms with E-state index in [1.54, 1.807) is 0 Å². The second kappa shape index (κ2) is 7.91. The van der Waals surface area contributed by atoms with Crippen molar-refractivity contribution in [1.29, 1.82) is 0 Å². The van der Waals surface area contributed by atoms with Crippen molar-refractivity contribution in [2.75, 3.05) is 6.61 Å². The fraction of sp³-hybridized carbons (Fsp3) is 0.176. The van der Waals surface area contributed by atoms with E-state index in [0.717, 1.165) is 0 Å². The highest BCUT2D eigenvalue weighted by atomic mass is 35.5. The molecule has 3 rings (SSSR count). The Morgan fingerprint density at radius 2 is 2.07 bits per heavy atom. The Hall–Kier alpha value is -2.68. The zero-order valence-corrected chi connectivity index (χ0v) is 15.2. The lowest BCUT2D eigenvalue weighted by atomic mass is 10.2. The number of aliphatic hydroxyl groups is 1. The number of fused-ring (bicyclic) bond motifs is 1. The van der Waals surface area contributed by atoms with Crippen LogP contribution in [0.25, 0.3) is 10.9 Å². The van der Waals surface area contributed by atoms with Crippen molar-refractivity contribution in [2.45, 2.75) is 12.6 Å². The van der Waals surface area contributed by atoms with Gasteiger partial charge in [0.2, 0.25) is 0 Å². The summed E-state index contributed by atoms with van der Waals surface area (Å²) in [5.74, 6) is 0.241. The molecule has 27 heavy (non-hydrogen) atoms. The molecule has 0 fully saturated rings. The number of nitrogens with zero attached hydrogens (tertiary/aromatic N) is 3. The summed E-state index contributed by atoms with van der Waals surface area (Å²) in [5, 5.41) is 21.7. The number of aromatic nitrogens is 2. The first kappa shape index (κ1) is 19.1. The number of ether oxygens (including phenoxy) is 1. The highest BCUT2D eigenvalue weighted by Crippen LogP contribution is 2.24. The van der Waals surface area contributed by atoms with Gasteiger partial charge in [0.05, 0.1) is 39.8 Å². The average Bonchev–Trinajstić information content (AvgIpc) is 2.63. The van der Waals surface area contributed by atoms with Crippen LogP contribution in [0.4, 0.5) is 5.69 Å². The summed E-state index contributed by atoms with van der Waals surface area (Å²) in [5.41, 5.74) is -0.200. The SMILES string of the molecule is O=c1c2cc(Cl)cc(Cl)c2ncn1C[C@H](O)COc1cccc([N+](=O)[O-])c1. The summed E-state index contributed by atoms with van der Waals surface area (Å²) in [4.78, 5) is 26.9. The number of benzene rings is 2. The standard InChI is InChI=1S/C17H13Cl2N3O5/c18-10-4-14-16(15(19)5-10)20-9-21(17(14)24)7-12(23)8-27-13-3-1-2-11(6-13)22(25)26/h1-6,9,12,23H,7-8H2/t12-/m0/s1. The largest absolute Gasteiger partial charge is 0.491 e. The van der Waals surface area contributed by atoms with Crippen LogP contribution in [0, 0.1) is 10.1 Å². The molecule has 0 aliphatic rings. The molecule has 0 saturated carbocycles. The van der Waals surface area contributed by atoms with E-state index in [0.29, 0.717) is 10.5 Å². The van der Waals surface area contributed by atoms with Gasteiger partial charge in [-0.3, -0.25) is 19.5 Å². The molecule has 8 nitrogen and oxygen atoms in total. The first-order valence-electron chi connectivity index (χ1n) is 7.74. The number of non-ortho nitro benzene ring substituents is 1. The first-order chi connectivity index (χ1) is 12.8. The monoisotopic (exact) mass is 409 g/mol. The normalized spacial score (nSPS) is 12.1. The van der Waals surface area contributed by atoms with E-state index in [9.17, 15) is 20.0 Å². The molecule has 1 heterocycles. The van der Waals surface area contributed by atoms with Gasteiger partial charge >= 0.3 is 0 Å². The molecule has 3 aromatic rings. The lowest BCUT2D eigenvalue weighted by Crippen LogP contribution is -2.30. The topological polar surface area (TPSA) is 107 Å². The highest BCUT2D eigenvalue weighted by molar-refractivity contribution is 6.38. The van der Waals surface area contributed by atoms with Crippen LogP contribution in [0.1, 0.15) is 0 Å². The maximum absolute atomic E-state index is 12.5. The summed E-state index contributed by atoms with van der Waals surface area (Å²) >= 11 is 12.0. The third-order valence-corrected chi connectivity index (χ3v) is 4.23. The van der Waals surface area contributed by atoms with Crippen LogP contribution in [-0.2, 0) is 6.54 Å². The van der Waals surface area contributed by atoms with Gasteiger partial charge in [0, 0.05) is 11.1 Å². The molecule has 0 saturated heterocycles. The molecule has 0 spiro atoms. The van der Waals surface area contributed by atoms with Crippen molar-refractivity contribution in [2.24, 2.45) is 0 Å². The Kier molecular flexibility index (Phi) is 5.59. The van der Waals surface area contributed by atoms with Crippen molar-refractivity contribution in [3.63, 3.8) is 0 Å². The highest BCUT2D eigenvalue weighted by Gasteiger charge is 2.13. The molecule has 0 unspecified atom stereocenters. The van der Waals surface area contributed by atoms with Gasteiger partial charge in [-0.2, -0.15) is 0 Å². The molecule has 140 valence electrons. The minimum Gasteiger partial charge on any atom is -0.491 e. The maximum atomic E-state index is 12.5. The van der Waals surface area contributed by atoms with E-state index in [1.165, 1.54) is 47.3 Å². The summed E-state index contributed by atoms with van der Waals surface area (Å²) in [6.45, 7) is -0.247. The lowest BCUT2D eigenvalue weighted by Gasteiger charge is -2.14. The second-order valence-corrected chi connectivity index (χ2v) is 6.55. The number of halogens is 2. The van der Waals surface area contributed by atoms with Crippen LogP contribution < -0.4 is 10.3 Å². The van der Waals surface area contributed by atoms with Gasteiger partial charge in [0.1, 0.15) is 18.5 Å². The zero-order valence-electron chi connectivity index (χ0n) is 13.7.